The third kappa shape index (κ3) is 3.07. The molecule has 20 heavy (non-hydrogen) atoms. The molecule has 0 spiro atoms. The molecule has 0 atom stereocenters. The Kier molecular flexibility index (Phi) is 4.86. The van der Waals surface area contributed by atoms with Gasteiger partial charge in [0.05, 0.1) is 23.6 Å². The molecule has 0 aromatic carbocycles. The van der Waals surface area contributed by atoms with Crippen LogP contribution in [0.1, 0.15) is 60.1 Å². The molecule has 112 valence electrons. The van der Waals surface area contributed by atoms with E-state index < -0.39 is 5.60 Å². The SMILES string of the molecule is CCCc1sc(C(=O)N2CC(O)(CCC)C2)cc1CC. The molecule has 4 heteroatoms. The summed E-state index contributed by atoms with van der Waals surface area (Å²) >= 11 is 1.64. The predicted octanol–water partition coefficient (Wildman–Crippen LogP) is 3.25. The van der Waals surface area contributed by atoms with Gasteiger partial charge in [-0.1, -0.05) is 33.6 Å². The van der Waals surface area contributed by atoms with Crippen molar-refractivity contribution in [2.45, 2.75) is 58.5 Å². The predicted molar refractivity (Wildman–Crippen MR) is 83.5 cm³/mol. The average Bonchev–Trinajstić information content (AvgIpc) is 2.79. The van der Waals surface area contributed by atoms with Gasteiger partial charge in [0.15, 0.2) is 0 Å². The number of nitrogens with zero attached hydrogens (tertiary/aromatic N) is 1. The van der Waals surface area contributed by atoms with E-state index >= 15 is 0 Å². The zero-order valence-electron chi connectivity index (χ0n) is 12.7. The van der Waals surface area contributed by atoms with E-state index in [9.17, 15) is 9.90 Å². The summed E-state index contributed by atoms with van der Waals surface area (Å²) in [5.74, 6) is 0.0906. The molecule has 2 heterocycles. The first-order chi connectivity index (χ1) is 9.53. The molecule has 1 aromatic rings. The van der Waals surface area contributed by atoms with Crippen LogP contribution in [0, 0.1) is 0 Å². The molecule has 1 N–H and O–H groups in total. The van der Waals surface area contributed by atoms with E-state index in [-0.39, 0.29) is 5.91 Å². The summed E-state index contributed by atoms with van der Waals surface area (Å²) in [7, 11) is 0. The van der Waals surface area contributed by atoms with Crippen LogP contribution in [0.4, 0.5) is 0 Å². The molecule has 3 nitrogen and oxygen atoms in total. The maximum Gasteiger partial charge on any atom is 0.264 e. The summed E-state index contributed by atoms with van der Waals surface area (Å²) in [4.78, 5) is 16.4. The lowest BCUT2D eigenvalue weighted by atomic mass is 9.89. The Labute approximate surface area is 125 Å². The van der Waals surface area contributed by atoms with E-state index in [0.717, 1.165) is 37.0 Å². The highest BCUT2D eigenvalue weighted by atomic mass is 32.1. The van der Waals surface area contributed by atoms with Crippen molar-refractivity contribution in [1.29, 1.82) is 0 Å². The number of rotatable bonds is 6. The number of hydrogen-bond donors (Lipinski definition) is 1. The van der Waals surface area contributed by atoms with Crippen molar-refractivity contribution in [1.82, 2.24) is 4.90 Å². The van der Waals surface area contributed by atoms with Crippen molar-refractivity contribution < 1.29 is 9.90 Å². The van der Waals surface area contributed by atoms with Gasteiger partial charge in [-0.15, -0.1) is 11.3 Å². The van der Waals surface area contributed by atoms with Crippen molar-refractivity contribution in [3.05, 3.63) is 21.4 Å². The van der Waals surface area contributed by atoms with E-state index in [2.05, 4.69) is 26.8 Å². The van der Waals surface area contributed by atoms with Gasteiger partial charge in [0.2, 0.25) is 0 Å². The van der Waals surface area contributed by atoms with E-state index in [0.29, 0.717) is 13.1 Å². The Morgan fingerprint density at radius 2 is 2.05 bits per heavy atom. The highest BCUT2D eigenvalue weighted by Crippen LogP contribution is 2.31. The summed E-state index contributed by atoms with van der Waals surface area (Å²) < 4.78 is 0. The number of carbonyl (C=O) groups is 1. The van der Waals surface area contributed by atoms with E-state index in [1.54, 1.807) is 16.2 Å². The van der Waals surface area contributed by atoms with Crippen LogP contribution in [0.2, 0.25) is 0 Å². The van der Waals surface area contributed by atoms with Gasteiger partial charge in [0, 0.05) is 4.88 Å². The van der Waals surface area contributed by atoms with Gasteiger partial charge in [0.25, 0.3) is 5.91 Å². The summed E-state index contributed by atoms with van der Waals surface area (Å²) in [6.07, 6.45) is 4.89. The van der Waals surface area contributed by atoms with Crippen LogP contribution in [0.25, 0.3) is 0 Å². The second kappa shape index (κ2) is 6.27. The first kappa shape index (κ1) is 15.5. The Bertz CT molecular complexity index is 475. The lowest BCUT2D eigenvalue weighted by Crippen LogP contribution is -2.63. The van der Waals surface area contributed by atoms with E-state index in [4.69, 9.17) is 0 Å². The molecule has 2 rings (SSSR count). The van der Waals surface area contributed by atoms with Crippen LogP contribution in [0.3, 0.4) is 0 Å². The van der Waals surface area contributed by atoms with Gasteiger partial charge in [0.1, 0.15) is 0 Å². The molecule has 0 bridgehead atoms. The quantitative estimate of drug-likeness (QED) is 0.875. The summed E-state index contributed by atoms with van der Waals surface area (Å²) in [5, 5.41) is 10.2. The summed E-state index contributed by atoms with van der Waals surface area (Å²) in [5.41, 5.74) is 0.672. The third-order valence-electron chi connectivity index (χ3n) is 3.94. The zero-order valence-corrected chi connectivity index (χ0v) is 13.6. The second-order valence-corrected chi connectivity index (χ2v) is 6.93. The number of aliphatic hydroxyl groups is 1. The van der Waals surface area contributed by atoms with Crippen LogP contribution < -0.4 is 0 Å². The Balaban J connectivity index is 2.04. The molecule has 1 aliphatic rings. The maximum absolute atomic E-state index is 12.4. The number of likely N-dealkylation sites (tertiary alicyclic amines) is 1. The van der Waals surface area contributed by atoms with Crippen LogP contribution >= 0.6 is 11.3 Å². The topological polar surface area (TPSA) is 40.5 Å². The number of thiophene rings is 1. The molecule has 0 saturated carbocycles. The van der Waals surface area contributed by atoms with E-state index in [1.807, 2.05) is 0 Å². The molecule has 1 aliphatic heterocycles. The first-order valence-corrected chi connectivity index (χ1v) is 8.47. The lowest BCUT2D eigenvalue weighted by Gasteiger charge is -2.46. The smallest absolute Gasteiger partial charge is 0.264 e. The fourth-order valence-electron chi connectivity index (χ4n) is 2.90. The van der Waals surface area contributed by atoms with Gasteiger partial charge in [-0.3, -0.25) is 4.79 Å². The van der Waals surface area contributed by atoms with Crippen LogP contribution in [0.5, 0.6) is 0 Å². The minimum absolute atomic E-state index is 0.0906. The molecule has 1 amide bonds. The van der Waals surface area contributed by atoms with Gasteiger partial charge in [-0.25, -0.2) is 0 Å². The Morgan fingerprint density at radius 1 is 1.35 bits per heavy atom. The summed E-state index contributed by atoms with van der Waals surface area (Å²) in [6.45, 7) is 7.34. The Hall–Kier alpha value is -0.870. The number of amides is 1. The fraction of sp³-hybridized carbons (Fsp3) is 0.688. The largest absolute Gasteiger partial charge is 0.386 e. The lowest BCUT2D eigenvalue weighted by molar-refractivity contribution is -0.0858. The normalized spacial score (nSPS) is 17.1. The Morgan fingerprint density at radius 3 is 2.60 bits per heavy atom. The molecule has 0 aliphatic carbocycles. The molecular weight excluding hydrogens is 270 g/mol. The van der Waals surface area contributed by atoms with Crippen molar-refractivity contribution in [3.8, 4) is 0 Å². The molecule has 1 aromatic heterocycles. The van der Waals surface area contributed by atoms with E-state index in [1.165, 1.54) is 10.4 Å². The van der Waals surface area contributed by atoms with Crippen molar-refractivity contribution >= 4 is 17.2 Å². The third-order valence-corrected chi connectivity index (χ3v) is 5.16. The number of carbonyl (C=O) groups excluding carboxylic acids is 1. The molecule has 0 radical (unpaired) electrons. The molecule has 1 saturated heterocycles. The highest BCUT2D eigenvalue weighted by Gasteiger charge is 2.43. The van der Waals surface area contributed by atoms with Crippen LogP contribution in [-0.4, -0.2) is 34.6 Å². The summed E-state index contributed by atoms with van der Waals surface area (Å²) in [6, 6.07) is 2.05. The second-order valence-electron chi connectivity index (χ2n) is 5.80. The minimum Gasteiger partial charge on any atom is -0.386 e. The van der Waals surface area contributed by atoms with Crippen molar-refractivity contribution in [2.24, 2.45) is 0 Å². The van der Waals surface area contributed by atoms with Gasteiger partial charge >= 0.3 is 0 Å². The molecule has 1 fully saturated rings. The zero-order chi connectivity index (χ0) is 14.8. The van der Waals surface area contributed by atoms with Crippen molar-refractivity contribution in [3.63, 3.8) is 0 Å². The number of hydrogen-bond acceptors (Lipinski definition) is 3. The number of β-amino-alcohol motifs (C(OH)–C–C–N with tert-alkyl or cyclic N) is 1. The van der Waals surface area contributed by atoms with Crippen molar-refractivity contribution in [2.75, 3.05) is 13.1 Å². The van der Waals surface area contributed by atoms with Gasteiger partial charge < -0.3 is 10.0 Å². The molecular formula is C16H25NO2S. The first-order valence-electron chi connectivity index (χ1n) is 7.66. The van der Waals surface area contributed by atoms with Gasteiger partial charge in [-0.05, 0) is 30.9 Å². The van der Waals surface area contributed by atoms with Gasteiger partial charge in [-0.2, -0.15) is 0 Å². The number of aryl methyl sites for hydroxylation is 2. The molecule has 0 unspecified atom stereocenters. The monoisotopic (exact) mass is 295 g/mol. The standard InChI is InChI=1S/C16H25NO2S/c1-4-7-13-12(6-3)9-14(20-13)15(18)17-10-16(19,11-17)8-5-2/h9,19H,4-8,10-11H2,1-3H3. The van der Waals surface area contributed by atoms with Crippen LogP contribution in [0.15, 0.2) is 6.07 Å². The highest BCUT2D eigenvalue weighted by molar-refractivity contribution is 7.14. The van der Waals surface area contributed by atoms with Crippen LogP contribution in [-0.2, 0) is 12.8 Å². The maximum atomic E-state index is 12.4. The fourth-order valence-corrected chi connectivity index (χ4v) is 4.22. The average molecular weight is 295 g/mol. The minimum atomic E-state index is -0.637.